The van der Waals surface area contributed by atoms with Crippen LogP contribution in [0, 0.1) is 0 Å². The van der Waals surface area contributed by atoms with Crippen molar-refractivity contribution in [3.8, 4) is 11.1 Å². The average molecular weight is 441 g/mol. The van der Waals surface area contributed by atoms with Crippen molar-refractivity contribution in [3.63, 3.8) is 0 Å². The number of para-hydroxylation sites is 1. The second-order valence-electron chi connectivity index (χ2n) is 6.44. The second kappa shape index (κ2) is 6.69. The molecule has 1 aliphatic rings. The minimum absolute atomic E-state index is 0.563. The number of nitrogens with zero attached hydrogens (tertiary/aromatic N) is 5. The summed E-state index contributed by atoms with van der Waals surface area (Å²) in [6.45, 7) is 1.93. The van der Waals surface area contributed by atoms with Crippen LogP contribution in [0.15, 0.2) is 47.2 Å². The second-order valence-corrected chi connectivity index (χ2v) is 8.46. The molecule has 0 saturated carbocycles. The minimum Gasteiger partial charge on any atom is -0.383 e. The Morgan fingerprint density at radius 2 is 1.93 bits per heavy atom. The minimum atomic E-state index is 0.563. The monoisotopic (exact) mass is 440 g/mol. The van der Waals surface area contributed by atoms with Gasteiger partial charge in [0.05, 0.1) is 11.7 Å². The Morgan fingerprint density at radius 1 is 1.11 bits per heavy atom. The van der Waals surface area contributed by atoms with Crippen molar-refractivity contribution in [1.29, 1.82) is 0 Å². The topological polar surface area (TPSA) is 72.3 Å². The zero-order valence-corrected chi connectivity index (χ0v) is 16.9. The number of pyridine rings is 1. The van der Waals surface area contributed by atoms with Gasteiger partial charge >= 0.3 is 0 Å². The number of hydrogen-bond donors (Lipinski definition) is 1. The van der Waals surface area contributed by atoms with E-state index in [0.29, 0.717) is 5.82 Å². The molecule has 2 N–H and O–H groups in total. The van der Waals surface area contributed by atoms with Crippen LogP contribution in [0.1, 0.15) is 0 Å². The van der Waals surface area contributed by atoms with Crippen molar-refractivity contribution < 1.29 is 0 Å². The molecule has 0 amide bonds. The van der Waals surface area contributed by atoms with Gasteiger partial charge in [0.2, 0.25) is 0 Å². The zero-order chi connectivity index (χ0) is 18.4. The maximum atomic E-state index is 6.37. The summed E-state index contributed by atoms with van der Waals surface area (Å²) in [5.74, 6) is 3.64. The van der Waals surface area contributed by atoms with Gasteiger partial charge in [0.15, 0.2) is 5.65 Å². The highest BCUT2D eigenvalue weighted by atomic mass is 79.9. The largest absolute Gasteiger partial charge is 0.383 e. The van der Waals surface area contributed by atoms with Gasteiger partial charge in [-0.25, -0.2) is 4.98 Å². The lowest BCUT2D eigenvalue weighted by atomic mass is 10.1. The highest BCUT2D eigenvalue weighted by Crippen LogP contribution is 2.35. The Labute approximate surface area is 168 Å². The van der Waals surface area contributed by atoms with Crippen molar-refractivity contribution in [2.45, 2.75) is 0 Å². The van der Waals surface area contributed by atoms with Crippen LogP contribution in [0.4, 0.5) is 11.6 Å². The highest BCUT2D eigenvalue weighted by Gasteiger charge is 2.21. The molecule has 4 aromatic rings. The maximum Gasteiger partial charge on any atom is 0.167 e. The quantitative estimate of drug-likeness (QED) is 0.510. The van der Waals surface area contributed by atoms with Gasteiger partial charge in [0.25, 0.3) is 0 Å². The number of thioether (sulfide) groups is 1. The van der Waals surface area contributed by atoms with Crippen LogP contribution >= 0.6 is 27.7 Å². The molecule has 4 heterocycles. The van der Waals surface area contributed by atoms with Crippen LogP contribution < -0.4 is 10.6 Å². The summed E-state index contributed by atoms with van der Waals surface area (Å²) in [6.07, 6.45) is 3.68. The third-order valence-corrected chi connectivity index (χ3v) is 6.52. The lowest BCUT2D eigenvalue weighted by Gasteiger charge is -2.28. The molecule has 0 aliphatic carbocycles. The molecule has 136 valence electrons. The molecule has 0 radical (unpaired) electrons. The van der Waals surface area contributed by atoms with Crippen molar-refractivity contribution in [3.05, 3.63) is 47.2 Å². The molecule has 0 spiro atoms. The van der Waals surface area contributed by atoms with Crippen molar-refractivity contribution in [1.82, 2.24) is 19.6 Å². The fraction of sp³-hybridized carbons (Fsp3) is 0.211. The van der Waals surface area contributed by atoms with E-state index in [1.165, 1.54) is 0 Å². The molecule has 0 atom stereocenters. The first-order valence-corrected chi connectivity index (χ1v) is 10.7. The molecule has 3 aromatic heterocycles. The van der Waals surface area contributed by atoms with Crippen molar-refractivity contribution in [2.75, 3.05) is 35.2 Å². The van der Waals surface area contributed by atoms with Gasteiger partial charge in [-0.15, -0.1) is 0 Å². The van der Waals surface area contributed by atoms with Crippen LogP contribution in [0.5, 0.6) is 0 Å². The van der Waals surface area contributed by atoms with Gasteiger partial charge < -0.3 is 10.6 Å². The van der Waals surface area contributed by atoms with Gasteiger partial charge in [0.1, 0.15) is 16.1 Å². The number of benzene rings is 1. The summed E-state index contributed by atoms with van der Waals surface area (Å²) in [4.78, 5) is 11.8. The fourth-order valence-corrected chi connectivity index (χ4v) is 4.80. The average Bonchev–Trinajstić information content (AvgIpc) is 3.15. The summed E-state index contributed by atoms with van der Waals surface area (Å²) >= 11 is 5.59. The molecule has 1 aliphatic heterocycles. The number of nitrogens with two attached hydrogens (primary N) is 1. The Kier molecular flexibility index (Phi) is 4.17. The fourth-order valence-electron chi connectivity index (χ4n) is 3.39. The van der Waals surface area contributed by atoms with Gasteiger partial charge in [0, 0.05) is 47.3 Å². The van der Waals surface area contributed by atoms with Crippen LogP contribution in [-0.2, 0) is 0 Å². The molecule has 27 heavy (non-hydrogen) atoms. The Morgan fingerprint density at radius 3 is 2.78 bits per heavy atom. The molecular weight excluding hydrogens is 424 g/mol. The molecule has 1 fully saturated rings. The Hall–Kier alpha value is -2.32. The summed E-state index contributed by atoms with van der Waals surface area (Å²) in [6, 6.07) is 10.2. The van der Waals surface area contributed by atoms with Crippen LogP contribution in [0.2, 0.25) is 0 Å². The van der Waals surface area contributed by atoms with E-state index in [1.54, 1.807) is 4.52 Å². The van der Waals surface area contributed by atoms with Gasteiger partial charge in [-0.3, -0.25) is 4.98 Å². The maximum absolute atomic E-state index is 6.37. The first kappa shape index (κ1) is 16.8. The van der Waals surface area contributed by atoms with Crippen LogP contribution in [0.3, 0.4) is 0 Å². The van der Waals surface area contributed by atoms with Crippen LogP contribution in [0.25, 0.3) is 27.7 Å². The lowest BCUT2D eigenvalue weighted by Crippen LogP contribution is -2.33. The van der Waals surface area contributed by atoms with Crippen molar-refractivity contribution in [2.24, 2.45) is 0 Å². The van der Waals surface area contributed by atoms with E-state index in [1.807, 2.05) is 42.4 Å². The molecule has 0 unspecified atom stereocenters. The molecule has 0 bridgehead atoms. The molecule has 5 rings (SSSR count). The standard InChI is InChI=1S/C19H17BrN6S/c20-16-17(21)26-18(24-19(16)25-5-7-27-8-6-25)14(11-23-26)13-9-12-3-1-2-4-15(12)22-10-13/h1-4,9-11H,5-8,21H2. The van der Waals surface area contributed by atoms with E-state index < -0.39 is 0 Å². The van der Waals surface area contributed by atoms with Crippen molar-refractivity contribution >= 4 is 55.9 Å². The van der Waals surface area contributed by atoms with Gasteiger partial charge in [-0.2, -0.15) is 21.4 Å². The van der Waals surface area contributed by atoms with E-state index in [-0.39, 0.29) is 0 Å². The smallest absolute Gasteiger partial charge is 0.167 e. The van der Waals surface area contributed by atoms with E-state index in [0.717, 1.165) is 62.6 Å². The van der Waals surface area contributed by atoms with E-state index in [4.69, 9.17) is 10.7 Å². The van der Waals surface area contributed by atoms with E-state index in [2.05, 4.69) is 43.0 Å². The number of halogens is 1. The van der Waals surface area contributed by atoms with E-state index >= 15 is 0 Å². The third-order valence-electron chi connectivity index (χ3n) is 4.82. The predicted molar refractivity (Wildman–Crippen MR) is 115 cm³/mol. The van der Waals surface area contributed by atoms with Gasteiger partial charge in [-0.05, 0) is 28.1 Å². The normalized spacial score (nSPS) is 14.9. The third kappa shape index (κ3) is 2.83. The number of fused-ring (bicyclic) bond motifs is 2. The number of rotatable bonds is 2. The highest BCUT2D eigenvalue weighted by molar-refractivity contribution is 9.10. The summed E-state index contributed by atoms with van der Waals surface area (Å²) in [5, 5.41) is 5.56. The van der Waals surface area contributed by atoms with E-state index in [9.17, 15) is 0 Å². The SMILES string of the molecule is Nc1c(Br)c(N2CCSCC2)nc2c(-c3cnc4ccccc4c3)cnn12. The summed E-state index contributed by atoms with van der Waals surface area (Å²) in [7, 11) is 0. The van der Waals surface area contributed by atoms with Crippen LogP contribution in [-0.4, -0.2) is 44.2 Å². The number of hydrogen-bond acceptors (Lipinski definition) is 6. The number of anilines is 2. The molecule has 8 heteroatoms. The number of nitrogen functional groups attached to an aromatic ring is 1. The Balaban J connectivity index is 1.69. The summed E-state index contributed by atoms with van der Waals surface area (Å²) in [5.41, 5.74) is 10.0. The molecule has 1 saturated heterocycles. The Bertz CT molecular complexity index is 1150. The molecular formula is C19H17BrN6S. The number of aromatic nitrogens is 4. The molecule has 1 aromatic carbocycles. The zero-order valence-electron chi connectivity index (χ0n) is 14.5. The lowest BCUT2D eigenvalue weighted by molar-refractivity contribution is 0.829. The molecule has 6 nitrogen and oxygen atoms in total. The first-order valence-electron chi connectivity index (χ1n) is 8.73. The first-order chi connectivity index (χ1) is 13.2. The van der Waals surface area contributed by atoms with Gasteiger partial charge in [-0.1, -0.05) is 18.2 Å². The predicted octanol–water partition coefficient (Wildman–Crippen LogP) is 3.84. The summed E-state index contributed by atoms with van der Waals surface area (Å²) < 4.78 is 2.49.